The molecule has 0 saturated carbocycles. The molecule has 0 aliphatic rings. The average Bonchev–Trinajstić information content (AvgIpc) is 2.10. The fraction of sp³-hybridized carbons (Fsp3) is 0.200. The SMILES string of the molecule is Cc1nc(N)oc1C=O. The molecule has 0 aliphatic heterocycles. The van der Waals surface area contributed by atoms with Gasteiger partial charge in [0, 0.05) is 0 Å². The molecule has 0 saturated heterocycles. The number of nitrogens with two attached hydrogens (primary N) is 1. The summed E-state index contributed by atoms with van der Waals surface area (Å²) in [5, 5.41) is 0. The summed E-state index contributed by atoms with van der Waals surface area (Å²) in [4.78, 5) is 13.7. The summed E-state index contributed by atoms with van der Waals surface area (Å²) in [6.07, 6.45) is 0.582. The van der Waals surface area contributed by atoms with Gasteiger partial charge in [-0.15, -0.1) is 0 Å². The van der Waals surface area contributed by atoms with Gasteiger partial charge in [0.2, 0.25) is 0 Å². The first-order valence-electron chi connectivity index (χ1n) is 2.42. The third-order valence-electron chi connectivity index (χ3n) is 0.956. The maximum Gasteiger partial charge on any atom is 0.292 e. The first-order valence-corrected chi connectivity index (χ1v) is 2.42. The maximum atomic E-state index is 10.1. The smallest absolute Gasteiger partial charge is 0.292 e. The topological polar surface area (TPSA) is 69.1 Å². The number of oxazole rings is 1. The van der Waals surface area contributed by atoms with Crippen LogP contribution in [0.1, 0.15) is 16.2 Å². The van der Waals surface area contributed by atoms with Crippen molar-refractivity contribution >= 4 is 12.3 Å². The Labute approximate surface area is 51.7 Å². The van der Waals surface area contributed by atoms with Gasteiger partial charge in [0.05, 0.1) is 5.69 Å². The molecule has 2 N–H and O–H groups in total. The van der Waals surface area contributed by atoms with Gasteiger partial charge in [-0.05, 0) is 6.92 Å². The summed E-state index contributed by atoms with van der Waals surface area (Å²) in [5.74, 6) is 0.201. The van der Waals surface area contributed by atoms with E-state index in [-0.39, 0.29) is 11.8 Å². The van der Waals surface area contributed by atoms with Crippen LogP contribution in [0.15, 0.2) is 4.42 Å². The normalized spacial score (nSPS) is 9.44. The third kappa shape index (κ3) is 0.910. The first kappa shape index (κ1) is 5.81. The summed E-state index contributed by atoms with van der Waals surface area (Å²) in [5.41, 5.74) is 5.65. The van der Waals surface area contributed by atoms with Crippen molar-refractivity contribution in [1.29, 1.82) is 0 Å². The highest BCUT2D eigenvalue weighted by atomic mass is 16.4. The lowest BCUT2D eigenvalue weighted by Gasteiger charge is -1.76. The van der Waals surface area contributed by atoms with Gasteiger partial charge >= 0.3 is 0 Å². The van der Waals surface area contributed by atoms with Gasteiger partial charge in [-0.2, -0.15) is 4.98 Å². The van der Waals surface area contributed by atoms with Crippen molar-refractivity contribution in [3.63, 3.8) is 0 Å². The molecule has 0 atom stereocenters. The minimum absolute atomic E-state index is 0.0367. The van der Waals surface area contributed by atoms with Crippen LogP contribution in [0.3, 0.4) is 0 Å². The van der Waals surface area contributed by atoms with E-state index in [0.29, 0.717) is 12.0 Å². The average molecular weight is 126 g/mol. The summed E-state index contributed by atoms with van der Waals surface area (Å²) in [6.45, 7) is 1.66. The van der Waals surface area contributed by atoms with E-state index >= 15 is 0 Å². The van der Waals surface area contributed by atoms with E-state index in [9.17, 15) is 4.79 Å². The Morgan fingerprint density at radius 3 is 2.67 bits per heavy atom. The number of carbonyl (C=O) groups excluding carboxylic acids is 1. The van der Waals surface area contributed by atoms with Crippen LogP contribution in [0.25, 0.3) is 0 Å². The third-order valence-corrected chi connectivity index (χ3v) is 0.956. The fourth-order valence-corrected chi connectivity index (χ4v) is 0.539. The number of rotatable bonds is 1. The number of anilines is 1. The van der Waals surface area contributed by atoms with Gasteiger partial charge in [-0.25, -0.2) is 0 Å². The molecule has 48 valence electrons. The quantitative estimate of drug-likeness (QED) is 0.552. The molecule has 0 aromatic carbocycles. The van der Waals surface area contributed by atoms with Gasteiger partial charge in [0.1, 0.15) is 0 Å². The molecule has 0 aliphatic carbocycles. The molecule has 4 nitrogen and oxygen atoms in total. The van der Waals surface area contributed by atoms with Crippen molar-refractivity contribution in [1.82, 2.24) is 4.98 Å². The van der Waals surface area contributed by atoms with Crippen LogP contribution < -0.4 is 5.73 Å². The van der Waals surface area contributed by atoms with E-state index < -0.39 is 0 Å². The molecule has 1 heterocycles. The van der Waals surface area contributed by atoms with Gasteiger partial charge in [0.25, 0.3) is 6.01 Å². The van der Waals surface area contributed by atoms with Gasteiger partial charge in [0.15, 0.2) is 12.0 Å². The van der Waals surface area contributed by atoms with Crippen LogP contribution in [0.2, 0.25) is 0 Å². The zero-order chi connectivity index (χ0) is 6.85. The van der Waals surface area contributed by atoms with Crippen molar-refractivity contribution < 1.29 is 9.21 Å². The van der Waals surface area contributed by atoms with Crippen molar-refractivity contribution in [3.8, 4) is 0 Å². The highest BCUT2D eigenvalue weighted by molar-refractivity contribution is 5.72. The van der Waals surface area contributed by atoms with E-state index in [1.165, 1.54) is 0 Å². The molecule has 1 aromatic rings. The lowest BCUT2D eigenvalue weighted by atomic mass is 10.4. The molecular formula is C5H6N2O2. The molecule has 4 heteroatoms. The second kappa shape index (κ2) is 1.89. The molecule has 0 bridgehead atoms. The number of carbonyl (C=O) groups is 1. The van der Waals surface area contributed by atoms with E-state index in [0.717, 1.165) is 0 Å². The lowest BCUT2D eigenvalue weighted by molar-refractivity contribution is 0.110. The number of aromatic nitrogens is 1. The Hall–Kier alpha value is -1.32. The zero-order valence-electron chi connectivity index (χ0n) is 4.92. The molecule has 0 amide bonds. The monoisotopic (exact) mass is 126 g/mol. The molecule has 1 aromatic heterocycles. The van der Waals surface area contributed by atoms with Gasteiger partial charge in [-0.3, -0.25) is 4.79 Å². The van der Waals surface area contributed by atoms with Crippen molar-refractivity contribution in [3.05, 3.63) is 11.5 Å². The Morgan fingerprint density at radius 2 is 2.44 bits per heavy atom. The first-order chi connectivity index (χ1) is 4.24. The minimum Gasteiger partial charge on any atom is -0.421 e. The minimum atomic E-state index is 0.0367. The second-order valence-electron chi connectivity index (χ2n) is 1.62. The second-order valence-corrected chi connectivity index (χ2v) is 1.62. The summed E-state index contributed by atoms with van der Waals surface area (Å²) < 4.78 is 4.66. The van der Waals surface area contributed by atoms with Gasteiger partial charge in [-0.1, -0.05) is 0 Å². The van der Waals surface area contributed by atoms with Crippen molar-refractivity contribution in [2.45, 2.75) is 6.92 Å². The highest BCUT2D eigenvalue weighted by Crippen LogP contribution is 2.07. The molecule has 9 heavy (non-hydrogen) atoms. The summed E-state index contributed by atoms with van der Waals surface area (Å²) in [7, 11) is 0. The van der Waals surface area contributed by atoms with Gasteiger partial charge < -0.3 is 10.2 Å². The van der Waals surface area contributed by atoms with Crippen LogP contribution in [0.5, 0.6) is 0 Å². The Kier molecular flexibility index (Phi) is 1.22. The number of nitrogens with zero attached hydrogens (tertiary/aromatic N) is 1. The Balaban J connectivity index is 3.15. The summed E-state index contributed by atoms with van der Waals surface area (Å²) in [6, 6.07) is 0.0367. The predicted molar refractivity (Wildman–Crippen MR) is 31.0 cm³/mol. The van der Waals surface area contributed by atoms with E-state index in [1.54, 1.807) is 6.92 Å². The standard InChI is InChI=1S/C5H6N2O2/c1-3-4(2-8)9-5(6)7-3/h2H,1H3,(H2,6,7). The number of hydrogen-bond acceptors (Lipinski definition) is 4. The van der Waals surface area contributed by atoms with E-state index in [1.807, 2.05) is 0 Å². The molecule has 0 fully saturated rings. The van der Waals surface area contributed by atoms with Crippen LogP contribution in [0, 0.1) is 6.92 Å². The maximum absolute atomic E-state index is 10.1. The Morgan fingerprint density at radius 1 is 1.78 bits per heavy atom. The predicted octanol–water partition coefficient (Wildman–Crippen LogP) is 0.378. The largest absolute Gasteiger partial charge is 0.421 e. The van der Waals surface area contributed by atoms with Crippen molar-refractivity contribution in [2.24, 2.45) is 0 Å². The van der Waals surface area contributed by atoms with E-state index in [2.05, 4.69) is 9.40 Å². The molecule has 0 radical (unpaired) electrons. The van der Waals surface area contributed by atoms with Crippen LogP contribution >= 0.6 is 0 Å². The molecular weight excluding hydrogens is 120 g/mol. The highest BCUT2D eigenvalue weighted by Gasteiger charge is 2.03. The summed E-state index contributed by atoms with van der Waals surface area (Å²) >= 11 is 0. The zero-order valence-corrected chi connectivity index (χ0v) is 4.92. The molecule has 0 unspecified atom stereocenters. The van der Waals surface area contributed by atoms with Crippen LogP contribution in [-0.2, 0) is 0 Å². The Bertz CT molecular complexity index is 229. The van der Waals surface area contributed by atoms with Crippen LogP contribution in [-0.4, -0.2) is 11.3 Å². The number of nitrogen functional groups attached to an aromatic ring is 1. The number of aryl methyl sites for hydroxylation is 1. The number of hydrogen-bond donors (Lipinski definition) is 1. The number of aldehydes is 1. The molecule has 1 rings (SSSR count). The van der Waals surface area contributed by atoms with Crippen LogP contribution in [0.4, 0.5) is 6.01 Å². The van der Waals surface area contributed by atoms with Crippen molar-refractivity contribution in [2.75, 3.05) is 5.73 Å². The van der Waals surface area contributed by atoms with E-state index in [4.69, 9.17) is 5.73 Å². The lowest BCUT2D eigenvalue weighted by Crippen LogP contribution is -1.81. The molecule has 0 spiro atoms. The fourth-order valence-electron chi connectivity index (χ4n) is 0.539.